The van der Waals surface area contributed by atoms with E-state index in [2.05, 4.69) is 20.5 Å². The number of nitrogens with one attached hydrogen (secondary N) is 1. The molecule has 0 unspecified atom stereocenters. The third-order valence-corrected chi connectivity index (χ3v) is 5.39. The maximum Gasteiger partial charge on any atom is 0.255 e. The van der Waals surface area contributed by atoms with E-state index in [1.165, 1.54) is 0 Å². The van der Waals surface area contributed by atoms with Crippen molar-refractivity contribution in [1.82, 2.24) is 14.7 Å². The van der Waals surface area contributed by atoms with Gasteiger partial charge in [0.1, 0.15) is 17.3 Å². The Hall–Kier alpha value is -4.34. The standard InChI is InChI=1S/C23H23N7O3/c1-13-22(14(2)33-28-13)18-9-15-8-16(10-21(24)27-29-25)23(31)30(19(15)11-20(18)32-3)12-17-6-4-5-7-26-17/h4-9,11H,10,12H2,1-3H3,(H3,24,25,27). The topological polar surface area (TPSA) is 145 Å². The Labute approximate surface area is 189 Å². The van der Waals surface area contributed by atoms with Crippen LogP contribution in [0.15, 0.2) is 62.2 Å². The number of nitrogens with zero attached hydrogens (tertiary/aromatic N) is 5. The van der Waals surface area contributed by atoms with Crippen LogP contribution in [0, 0.1) is 19.4 Å². The van der Waals surface area contributed by atoms with Gasteiger partial charge in [-0.2, -0.15) is 5.53 Å². The van der Waals surface area contributed by atoms with Gasteiger partial charge in [0.25, 0.3) is 5.56 Å². The molecule has 3 heterocycles. The highest BCUT2D eigenvalue weighted by molar-refractivity contribution is 5.91. The minimum atomic E-state index is -0.233. The second kappa shape index (κ2) is 9.03. The molecule has 0 radical (unpaired) electrons. The summed E-state index contributed by atoms with van der Waals surface area (Å²) in [6.45, 7) is 3.97. The number of nitrogens with two attached hydrogens (primary N) is 1. The summed E-state index contributed by atoms with van der Waals surface area (Å²) in [5.74, 6) is 1.33. The van der Waals surface area contributed by atoms with Gasteiger partial charge in [-0.05, 0) is 43.5 Å². The molecule has 10 nitrogen and oxygen atoms in total. The predicted octanol–water partition coefficient (Wildman–Crippen LogP) is 3.57. The Kier molecular flexibility index (Phi) is 5.99. The number of methoxy groups -OCH3 is 1. The third-order valence-electron chi connectivity index (χ3n) is 5.39. The Bertz CT molecular complexity index is 1400. The lowest BCUT2D eigenvalue weighted by molar-refractivity contribution is 0.393. The van der Waals surface area contributed by atoms with Crippen LogP contribution in [0.3, 0.4) is 0 Å². The number of rotatable bonds is 7. The highest BCUT2D eigenvalue weighted by Gasteiger charge is 2.20. The smallest absolute Gasteiger partial charge is 0.255 e. The monoisotopic (exact) mass is 445 g/mol. The van der Waals surface area contributed by atoms with Crippen LogP contribution in [-0.4, -0.2) is 27.7 Å². The number of aromatic nitrogens is 3. The molecular weight excluding hydrogens is 422 g/mol. The van der Waals surface area contributed by atoms with Gasteiger partial charge >= 0.3 is 0 Å². The lowest BCUT2D eigenvalue weighted by atomic mass is 9.99. The van der Waals surface area contributed by atoms with Crippen molar-refractivity contribution in [3.8, 4) is 16.9 Å². The van der Waals surface area contributed by atoms with Crippen LogP contribution in [0.1, 0.15) is 22.7 Å². The number of aryl methyl sites for hydroxylation is 2. The van der Waals surface area contributed by atoms with Crippen molar-refractivity contribution in [3.05, 3.63) is 75.7 Å². The van der Waals surface area contributed by atoms with Crippen LogP contribution in [0.5, 0.6) is 5.75 Å². The quantitative estimate of drug-likeness (QED) is 0.192. The molecule has 0 fully saturated rings. The largest absolute Gasteiger partial charge is 0.496 e. The second-order valence-electron chi connectivity index (χ2n) is 7.56. The average Bonchev–Trinajstić information content (AvgIpc) is 3.14. The van der Waals surface area contributed by atoms with Crippen molar-refractivity contribution < 1.29 is 9.26 Å². The van der Waals surface area contributed by atoms with Crippen molar-refractivity contribution >= 4 is 16.7 Å². The number of hydrogen-bond acceptors (Lipinski definition) is 7. The van der Waals surface area contributed by atoms with Crippen LogP contribution in [0.2, 0.25) is 0 Å². The van der Waals surface area contributed by atoms with E-state index in [9.17, 15) is 4.79 Å². The van der Waals surface area contributed by atoms with Crippen molar-refractivity contribution in [1.29, 1.82) is 5.53 Å². The first-order chi connectivity index (χ1) is 15.9. The summed E-state index contributed by atoms with van der Waals surface area (Å²) in [5, 5.41) is 11.4. The number of hydrogen-bond donors (Lipinski definition) is 2. The summed E-state index contributed by atoms with van der Waals surface area (Å²) >= 11 is 0. The zero-order chi connectivity index (χ0) is 23.5. The van der Waals surface area contributed by atoms with Crippen LogP contribution in [0.25, 0.3) is 22.0 Å². The molecule has 0 saturated heterocycles. The lowest BCUT2D eigenvalue weighted by Gasteiger charge is -2.16. The molecule has 0 atom stereocenters. The van der Waals surface area contributed by atoms with Gasteiger partial charge in [-0.15, -0.1) is 5.10 Å². The fourth-order valence-corrected chi connectivity index (χ4v) is 3.93. The molecule has 3 aromatic heterocycles. The van der Waals surface area contributed by atoms with E-state index in [1.54, 1.807) is 23.9 Å². The molecule has 0 aliphatic rings. The zero-order valence-corrected chi connectivity index (χ0v) is 18.5. The molecule has 0 aliphatic carbocycles. The molecule has 3 N–H and O–H groups in total. The minimum Gasteiger partial charge on any atom is -0.496 e. The van der Waals surface area contributed by atoms with Crippen LogP contribution in [0.4, 0.5) is 0 Å². The normalized spacial score (nSPS) is 11.7. The molecule has 0 spiro atoms. The van der Waals surface area contributed by atoms with Gasteiger partial charge in [-0.25, -0.2) is 0 Å². The van der Waals surface area contributed by atoms with Gasteiger partial charge in [-0.3, -0.25) is 9.78 Å². The highest BCUT2D eigenvalue weighted by atomic mass is 16.5. The van der Waals surface area contributed by atoms with E-state index in [0.717, 1.165) is 27.9 Å². The minimum absolute atomic E-state index is 0.0616. The summed E-state index contributed by atoms with van der Waals surface area (Å²) in [6.07, 6.45) is 1.75. The fraction of sp³-hybridized carbons (Fsp3) is 0.217. The molecular formula is C23H23N7O3. The van der Waals surface area contributed by atoms with Crippen molar-refractivity contribution in [2.75, 3.05) is 7.11 Å². The van der Waals surface area contributed by atoms with E-state index in [4.69, 9.17) is 20.5 Å². The van der Waals surface area contributed by atoms with Gasteiger partial charge in [0.05, 0.1) is 36.1 Å². The van der Waals surface area contributed by atoms with Gasteiger partial charge < -0.3 is 19.6 Å². The van der Waals surface area contributed by atoms with E-state index < -0.39 is 0 Å². The van der Waals surface area contributed by atoms with Crippen molar-refractivity contribution in [3.63, 3.8) is 0 Å². The maximum atomic E-state index is 13.4. The Morgan fingerprint density at radius 1 is 1.27 bits per heavy atom. The molecule has 0 amide bonds. The molecule has 33 heavy (non-hydrogen) atoms. The van der Waals surface area contributed by atoms with Crippen molar-refractivity contribution in [2.45, 2.75) is 26.8 Å². The fourth-order valence-electron chi connectivity index (χ4n) is 3.93. The molecule has 168 valence electrons. The van der Waals surface area contributed by atoms with Gasteiger partial charge in [0, 0.05) is 29.8 Å². The molecule has 4 rings (SSSR count). The van der Waals surface area contributed by atoms with Crippen molar-refractivity contribution in [2.24, 2.45) is 16.1 Å². The number of pyridine rings is 2. The molecule has 10 heteroatoms. The maximum absolute atomic E-state index is 13.4. The van der Waals surface area contributed by atoms with Gasteiger partial charge in [0.2, 0.25) is 0 Å². The number of amidine groups is 1. The molecule has 0 aliphatic heterocycles. The van der Waals surface area contributed by atoms with E-state index in [0.29, 0.717) is 22.6 Å². The van der Waals surface area contributed by atoms with E-state index in [-0.39, 0.29) is 24.4 Å². The number of benzene rings is 1. The SMILES string of the molecule is COc1cc2c(cc1-c1c(C)noc1C)cc(CC(N)=NN=N)c(=O)n2Cc1ccccn1. The lowest BCUT2D eigenvalue weighted by Crippen LogP contribution is -2.28. The highest BCUT2D eigenvalue weighted by Crippen LogP contribution is 2.37. The summed E-state index contributed by atoms with van der Waals surface area (Å²) < 4.78 is 12.7. The molecule has 0 saturated carbocycles. The summed E-state index contributed by atoms with van der Waals surface area (Å²) in [5.41, 5.74) is 16.8. The zero-order valence-electron chi connectivity index (χ0n) is 18.5. The second-order valence-corrected chi connectivity index (χ2v) is 7.56. The molecule has 0 bridgehead atoms. The summed E-state index contributed by atoms with van der Waals surface area (Å²) in [4.78, 5) is 17.8. The first kappa shape index (κ1) is 21.9. The first-order valence-corrected chi connectivity index (χ1v) is 10.2. The predicted molar refractivity (Wildman–Crippen MR) is 124 cm³/mol. The number of fused-ring (bicyclic) bond motifs is 1. The summed E-state index contributed by atoms with van der Waals surface area (Å²) in [6, 6.07) is 11.1. The van der Waals surface area contributed by atoms with Crippen LogP contribution < -0.4 is 16.0 Å². The molecule has 4 aromatic rings. The van der Waals surface area contributed by atoms with Gasteiger partial charge in [-0.1, -0.05) is 16.4 Å². The van der Waals surface area contributed by atoms with Crippen LogP contribution in [-0.2, 0) is 13.0 Å². The summed E-state index contributed by atoms with van der Waals surface area (Å²) in [7, 11) is 1.58. The average molecular weight is 445 g/mol. The number of ether oxygens (including phenoxy) is 1. The first-order valence-electron chi connectivity index (χ1n) is 10.2. The Morgan fingerprint density at radius 2 is 2.09 bits per heavy atom. The van der Waals surface area contributed by atoms with E-state index >= 15 is 0 Å². The van der Waals surface area contributed by atoms with E-state index in [1.807, 2.05) is 44.2 Å². The van der Waals surface area contributed by atoms with Crippen LogP contribution >= 0.6 is 0 Å². The Morgan fingerprint density at radius 3 is 2.73 bits per heavy atom. The van der Waals surface area contributed by atoms with Gasteiger partial charge in [0.15, 0.2) is 0 Å². The Balaban J connectivity index is 2.00. The molecule has 1 aromatic carbocycles. The third kappa shape index (κ3) is 4.22.